The van der Waals surface area contributed by atoms with Crippen molar-refractivity contribution in [2.75, 3.05) is 13.7 Å². The Balaban J connectivity index is 1.65. The monoisotopic (exact) mass is 334 g/mol. The molecule has 25 heavy (non-hydrogen) atoms. The van der Waals surface area contributed by atoms with Crippen LogP contribution in [0.15, 0.2) is 66.7 Å². The number of hydrogen-bond donors (Lipinski definition) is 2. The highest BCUT2D eigenvalue weighted by molar-refractivity contribution is 5.62. The molecule has 0 saturated carbocycles. The van der Waals surface area contributed by atoms with Crippen molar-refractivity contribution in [3.63, 3.8) is 0 Å². The van der Waals surface area contributed by atoms with E-state index >= 15 is 0 Å². The van der Waals surface area contributed by atoms with Crippen LogP contribution in [0, 0.1) is 0 Å². The Morgan fingerprint density at radius 1 is 1.00 bits per heavy atom. The van der Waals surface area contributed by atoms with Gasteiger partial charge in [-0.05, 0) is 42.8 Å². The van der Waals surface area contributed by atoms with Gasteiger partial charge in [-0.1, -0.05) is 36.4 Å². The van der Waals surface area contributed by atoms with Crippen LogP contribution in [0.25, 0.3) is 11.3 Å². The second-order valence-corrected chi connectivity index (χ2v) is 5.82. The van der Waals surface area contributed by atoms with Crippen LogP contribution in [0.4, 0.5) is 0 Å². The number of phenols is 1. The zero-order chi connectivity index (χ0) is 17.5. The van der Waals surface area contributed by atoms with Gasteiger partial charge in [0, 0.05) is 23.7 Å². The molecule has 0 aliphatic carbocycles. The Hall–Kier alpha value is -2.85. The molecule has 0 amide bonds. The summed E-state index contributed by atoms with van der Waals surface area (Å²) < 4.78 is 5.18. The molecule has 3 rings (SSSR count). The van der Waals surface area contributed by atoms with Crippen molar-refractivity contribution in [2.45, 2.75) is 13.0 Å². The molecule has 3 aromatic rings. The Kier molecular flexibility index (Phi) is 5.65. The van der Waals surface area contributed by atoms with Gasteiger partial charge in [0.05, 0.1) is 12.8 Å². The number of benzene rings is 2. The summed E-state index contributed by atoms with van der Waals surface area (Å²) in [5, 5.41) is 13.5. The number of nitrogens with zero attached hydrogens (tertiary/aromatic N) is 1. The van der Waals surface area contributed by atoms with Crippen LogP contribution >= 0.6 is 0 Å². The number of nitrogens with one attached hydrogen (secondary N) is 1. The first-order valence-corrected chi connectivity index (χ1v) is 8.34. The first-order valence-electron chi connectivity index (χ1n) is 8.34. The topological polar surface area (TPSA) is 54.4 Å². The molecular formula is C21H22N2O2. The van der Waals surface area contributed by atoms with Gasteiger partial charge < -0.3 is 15.2 Å². The summed E-state index contributed by atoms with van der Waals surface area (Å²) in [5.41, 5.74) is 3.94. The third-order valence-electron chi connectivity index (χ3n) is 4.06. The van der Waals surface area contributed by atoms with E-state index in [4.69, 9.17) is 4.74 Å². The SMILES string of the molecule is COc1cccc(-c2ccc(O)c(CNCCc3ccccc3)c2)n1. The average molecular weight is 334 g/mol. The number of phenolic OH excluding ortho intramolecular Hbond substituents is 1. The number of pyridine rings is 1. The molecule has 2 N–H and O–H groups in total. The Labute approximate surface area is 148 Å². The van der Waals surface area contributed by atoms with Crippen molar-refractivity contribution in [1.82, 2.24) is 10.3 Å². The summed E-state index contributed by atoms with van der Waals surface area (Å²) in [6.45, 7) is 1.46. The minimum absolute atomic E-state index is 0.291. The lowest BCUT2D eigenvalue weighted by Gasteiger charge is -2.10. The molecule has 2 aromatic carbocycles. The van der Waals surface area contributed by atoms with E-state index in [1.165, 1.54) is 5.56 Å². The van der Waals surface area contributed by atoms with Gasteiger partial charge in [-0.2, -0.15) is 0 Å². The zero-order valence-electron chi connectivity index (χ0n) is 14.3. The number of aromatic nitrogens is 1. The largest absolute Gasteiger partial charge is 0.508 e. The lowest BCUT2D eigenvalue weighted by atomic mass is 10.1. The smallest absolute Gasteiger partial charge is 0.213 e. The molecule has 0 bridgehead atoms. The second kappa shape index (κ2) is 8.31. The molecule has 0 spiro atoms. The molecule has 1 aromatic heterocycles. The van der Waals surface area contributed by atoms with E-state index in [2.05, 4.69) is 22.4 Å². The highest BCUT2D eigenvalue weighted by atomic mass is 16.5. The molecule has 0 fully saturated rings. The van der Waals surface area contributed by atoms with Crippen LogP contribution in [-0.4, -0.2) is 23.7 Å². The normalized spacial score (nSPS) is 10.6. The van der Waals surface area contributed by atoms with Gasteiger partial charge in [0.2, 0.25) is 5.88 Å². The lowest BCUT2D eigenvalue weighted by molar-refractivity contribution is 0.398. The second-order valence-electron chi connectivity index (χ2n) is 5.82. The van der Waals surface area contributed by atoms with E-state index in [0.717, 1.165) is 29.8 Å². The van der Waals surface area contributed by atoms with Crippen LogP contribution in [0.5, 0.6) is 11.6 Å². The molecule has 4 nitrogen and oxygen atoms in total. The molecule has 0 aliphatic rings. The third-order valence-corrected chi connectivity index (χ3v) is 4.06. The van der Waals surface area contributed by atoms with E-state index in [1.54, 1.807) is 13.2 Å². The van der Waals surface area contributed by atoms with Gasteiger partial charge in [-0.15, -0.1) is 0 Å². The standard InChI is InChI=1S/C21H22N2O2/c1-25-21-9-5-8-19(23-21)17-10-11-20(24)18(14-17)15-22-13-12-16-6-3-2-4-7-16/h2-11,14,22,24H,12-13,15H2,1H3. The van der Waals surface area contributed by atoms with Gasteiger partial charge in [0.25, 0.3) is 0 Å². The molecular weight excluding hydrogens is 312 g/mol. The Bertz CT molecular complexity index is 819. The summed E-state index contributed by atoms with van der Waals surface area (Å²) in [6, 6.07) is 21.6. The van der Waals surface area contributed by atoms with Gasteiger partial charge in [0.15, 0.2) is 0 Å². The lowest BCUT2D eigenvalue weighted by Crippen LogP contribution is -2.16. The summed E-state index contributed by atoms with van der Waals surface area (Å²) in [7, 11) is 1.60. The average Bonchev–Trinajstić information content (AvgIpc) is 2.67. The first kappa shape index (κ1) is 17.0. The van der Waals surface area contributed by atoms with E-state index in [1.807, 2.05) is 48.5 Å². The Morgan fingerprint density at radius 2 is 1.84 bits per heavy atom. The van der Waals surface area contributed by atoms with E-state index in [0.29, 0.717) is 18.2 Å². The molecule has 0 atom stereocenters. The molecule has 0 aliphatic heterocycles. The molecule has 0 unspecified atom stereocenters. The summed E-state index contributed by atoms with van der Waals surface area (Å²) in [4.78, 5) is 4.44. The number of hydrogen-bond acceptors (Lipinski definition) is 4. The molecule has 128 valence electrons. The fraction of sp³-hybridized carbons (Fsp3) is 0.190. The summed E-state index contributed by atoms with van der Waals surface area (Å²) in [5.74, 6) is 0.868. The maximum absolute atomic E-state index is 10.1. The van der Waals surface area contributed by atoms with Gasteiger partial charge >= 0.3 is 0 Å². The van der Waals surface area contributed by atoms with Crippen molar-refractivity contribution in [2.24, 2.45) is 0 Å². The predicted octanol–water partition coefficient (Wildman–Crippen LogP) is 3.80. The van der Waals surface area contributed by atoms with Crippen LogP contribution < -0.4 is 10.1 Å². The van der Waals surface area contributed by atoms with Crippen molar-refractivity contribution in [1.29, 1.82) is 0 Å². The number of ether oxygens (including phenoxy) is 1. The minimum Gasteiger partial charge on any atom is -0.508 e. The van der Waals surface area contributed by atoms with Crippen LogP contribution in [0.3, 0.4) is 0 Å². The van der Waals surface area contributed by atoms with Crippen molar-refractivity contribution in [3.05, 3.63) is 77.9 Å². The number of aromatic hydroxyl groups is 1. The first-order chi connectivity index (χ1) is 12.3. The number of methoxy groups -OCH3 is 1. The van der Waals surface area contributed by atoms with Crippen LogP contribution in [0.1, 0.15) is 11.1 Å². The molecule has 0 saturated heterocycles. The maximum Gasteiger partial charge on any atom is 0.213 e. The molecule has 0 radical (unpaired) electrons. The molecule has 1 heterocycles. The van der Waals surface area contributed by atoms with E-state index in [9.17, 15) is 5.11 Å². The van der Waals surface area contributed by atoms with Crippen LogP contribution in [0.2, 0.25) is 0 Å². The van der Waals surface area contributed by atoms with E-state index in [-0.39, 0.29) is 0 Å². The van der Waals surface area contributed by atoms with Crippen molar-refractivity contribution >= 4 is 0 Å². The Morgan fingerprint density at radius 3 is 2.64 bits per heavy atom. The van der Waals surface area contributed by atoms with Crippen molar-refractivity contribution in [3.8, 4) is 22.9 Å². The minimum atomic E-state index is 0.291. The van der Waals surface area contributed by atoms with Crippen LogP contribution in [-0.2, 0) is 13.0 Å². The maximum atomic E-state index is 10.1. The third kappa shape index (κ3) is 4.58. The number of rotatable bonds is 7. The van der Waals surface area contributed by atoms with Crippen molar-refractivity contribution < 1.29 is 9.84 Å². The highest BCUT2D eigenvalue weighted by Gasteiger charge is 2.06. The highest BCUT2D eigenvalue weighted by Crippen LogP contribution is 2.26. The predicted molar refractivity (Wildman–Crippen MR) is 99.7 cm³/mol. The summed E-state index contributed by atoms with van der Waals surface area (Å²) in [6.07, 6.45) is 0.957. The van der Waals surface area contributed by atoms with E-state index < -0.39 is 0 Å². The fourth-order valence-corrected chi connectivity index (χ4v) is 2.68. The van der Waals surface area contributed by atoms with Gasteiger partial charge in [-0.25, -0.2) is 4.98 Å². The quantitative estimate of drug-likeness (QED) is 0.646. The summed E-state index contributed by atoms with van der Waals surface area (Å²) >= 11 is 0. The molecule has 4 heteroatoms. The van der Waals surface area contributed by atoms with Gasteiger partial charge in [0.1, 0.15) is 5.75 Å². The zero-order valence-corrected chi connectivity index (χ0v) is 14.3. The van der Waals surface area contributed by atoms with Gasteiger partial charge in [-0.3, -0.25) is 0 Å². The fourth-order valence-electron chi connectivity index (χ4n) is 2.68.